The molecule has 152 valence electrons. The first-order chi connectivity index (χ1) is 13.1. The van der Waals surface area contributed by atoms with Crippen LogP contribution in [0.5, 0.6) is 0 Å². The number of nitrogens with two attached hydrogens (primary N) is 1. The molecule has 0 aromatic heterocycles. The van der Waals surface area contributed by atoms with Gasteiger partial charge >= 0.3 is 0 Å². The van der Waals surface area contributed by atoms with E-state index in [1.807, 2.05) is 30.3 Å². The van der Waals surface area contributed by atoms with E-state index in [1.54, 1.807) is 0 Å². The lowest BCUT2D eigenvalue weighted by atomic mass is 9.68. The third-order valence-electron chi connectivity index (χ3n) is 6.36. The molecule has 1 aliphatic heterocycles. The van der Waals surface area contributed by atoms with E-state index < -0.39 is 6.41 Å². The minimum atomic E-state index is -0.836. The zero-order chi connectivity index (χ0) is 18.9. The predicted molar refractivity (Wildman–Crippen MR) is 115 cm³/mol. The van der Waals surface area contributed by atoms with E-state index in [0.29, 0.717) is 13.2 Å². The van der Waals surface area contributed by atoms with Crippen LogP contribution >= 0.6 is 24.0 Å². The van der Waals surface area contributed by atoms with Gasteiger partial charge in [0.1, 0.15) is 0 Å². The first-order valence-electron chi connectivity index (χ1n) is 9.71. The highest BCUT2D eigenvalue weighted by Crippen LogP contribution is 2.44. The van der Waals surface area contributed by atoms with Gasteiger partial charge in [-0.1, -0.05) is 54.1 Å². The van der Waals surface area contributed by atoms with Crippen molar-refractivity contribution in [1.82, 2.24) is 4.90 Å². The van der Waals surface area contributed by atoms with Crippen molar-refractivity contribution in [2.45, 2.75) is 49.6 Å². The third-order valence-corrected chi connectivity index (χ3v) is 6.60. The van der Waals surface area contributed by atoms with Gasteiger partial charge in [0.05, 0.1) is 12.6 Å². The molecular formula is C22H28Cl2N2O2. The number of aliphatic hydroxyl groups is 1. The molecule has 2 aromatic rings. The first kappa shape index (κ1) is 21.6. The minimum Gasteiger partial charge on any atom is -0.356 e. The van der Waals surface area contributed by atoms with Gasteiger partial charge in [-0.3, -0.25) is 0 Å². The van der Waals surface area contributed by atoms with Crippen molar-refractivity contribution in [2.75, 3.05) is 13.2 Å². The molecule has 0 bridgehead atoms. The predicted octanol–water partition coefficient (Wildman–Crippen LogP) is 4.25. The standard InChI is InChI=1S/C22H27ClN2O2.ClH/c23-18-8-4-7-17(13-18)22(15-24)11-9-19(10-12-22)25-20(14-27-21(25)26)16-5-2-1-3-6-16;/h1-8,13,19-21,26H,9-12,14-15,24H2;1H/t19?,20-,21?,22?;/m1./s1. The van der Waals surface area contributed by atoms with E-state index in [1.165, 1.54) is 11.1 Å². The second-order valence-electron chi connectivity index (χ2n) is 7.76. The summed E-state index contributed by atoms with van der Waals surface area (Å²) >= 11 is 6.22. The number of rotatable bonds is 4. The van der Waals surface area contributed by atoms with Gasteiger partial charge in [0.25, 0.3) is 0 Å². The van der Waals surface area contributed by atoms with Crippen LogP contribution < -0.4 is 5.73 Å². The Morgan fingerprint density at radius 1 is 1.11 bits per heavy atom. The quantitative estimate of drug-likeness (QED) is 0.772. The molecule has 3 N–H and O–H groups in total. The summed E-state index contributed by atoms with van der Waals surface area (Å²) in [4.78, 5) is 2.15. The van der Waals surface area contributed by atoms with Crippen molar-refractivity contribution in [1.29, 1.82) is 0 Å². The molecule has 2 aromatic carbocycles. The third kappa shape index (κ3) is 4.09. The number of aliphatic hydroxyl groups excluding tert-OH is 1. The normalized spacial score (nSPS) is 30.8. The maximum Gasteiger partial charge on any atom is 0.217 e. The van der Waals surface area contributed by atoms with Gasteiger partial charge in [-0.05, 0) is 48.9 Å². The molecule has 4 nitrogen and oxygen atoms in total. The van der Waals surface area contributed by atoms with Crippen molar-refractivity contribution >= 4 is 24.0 Å². The molecule has 4 rings (SSSR count). The number of ether oxygens (including phenoxy) is 1. The molecule has 0 spiro atoms. The van der Waals surface area contributed by atoms with Gasteiger partial charge in [-0.15, -0.1) is 12.4 Å². The largest absolute Gasteiger partial charge is 0.356 e. The summed E-state index contributed by atoms with van der Waals surface area (Å²) < 4.78 is 5.60. The molecule has 28 heavy (non-hydrogen) atoms. The molecule has 2 aliphatic rings. The number of hydrogen-bond acceptors (Lipinski definition) is 4. The van der Waals surface area contributed by atoms with Crippen LogP contribution in [0.25, 0.3) is 0 Å². The van der Waals surface area contributed by atoms with Crippen molar-refractivity contribution in [2.24, 2.45) is 5.73 Å². The molecular weight excluding hydrogens is 395 g/mol. The maximum atomic E-state index is 10.5. The van der Waals surface area contributed by atoms with Crippen LogP contribution in [0.1, 0.15) is 42.9 Å². The van der Waals surface area contributed by atoms with Crippen LogP contribution in [0.2, 0.25) is 5.02 Å². The molecule has 6 heteroatoms. The molecule has 1 saturated heterocycles. The highest BCUT2D eigenvalue weighted by atomic mass is 35.5. The fourth-order valence-corrected chi connectivity index (χ4v) is 4.95. The summed E-state index contributed by atoms with van der Waals surface area (Å²) in [6, 6.07) is 18.8. The van der Waals surface area contributed by atoms with Gasteiger partial charge in [-0.2, -0.15) is 0 Å². The molecule has 0 radical (unpaired) electrons. The molecule has 1 unspecified atom stereocenters. The molecule has 2 atom stereocenters. The van der Waals surface area contributed by atoms with Gasteiger partial charge in [0, 0.05) is 23.0 Å². The van der Waals surface area contributed by atoms with Crippen LogP contribution in [0.15, 0.2) is 54.6 Å². The number of hydrogen-bond donors (Lipinski definition) is 2. The number of halogens is 2. The van der Waals surface area contributed by atoms with E-state index in [2.05, 4.69) is 29.2 Å². The maximum absolute atomic E-state index is 10.5. The molecule has 1 aliphatic carbocycles. The van der Waals surface area contributed by atoms with Crippen LogP contribution in [0.4, 0.5) is 0 Å². The monoisotopic (exact) mass is 422 g/mol. The second kappa shape index (κ2) is 9.12. The Morgan fingerprint density at radius 3 is 2.46 bits per heavy atom. The molecule has 1 heterocycles. The van der Waals surface area contributed by atoms with E-state index in [-0.39, 0.29) is 29.9 Å². The van der Waals surface area contributed by atoms with Crippen LogP contribution in [-0.2, 0) is 10.2 Å². The Kier molecular flexibility index (Phi) is 7.02. The highest BCUT2D eigenvalue weighted by molar-refractivity contribution is 6.30. The van der Waals surface area contributed by atoms with Gasteiger partial charge in [0.15, 0.2) is 0 Å². The number of nitrogens with zero attached hydrogens (tertiary/aromatic N) is 1. The Bertz CT molecular complexity index is 766. The van der Waals surface area contributed by atoms with Crippen LogP contribution in [-0.4, -0.2) is 35.6 Å². The van der Waals surface area contributed by atoms with Crippen LogP contribution in [0, 0.1) is 0 Å². The Balaban J connectivity index is 0.00000225. The Hall–Kier alpha value is -1.14. The average molecular weight is 423 g/mol. The lowest BCUT2D eigenvalue weighted by molar-refractivity contribution is -0.154. The fourth-order valence-electron chi connectivity index (χ4n) is 4.76. The van der Waals surface area contributed by atoms with E-state index >= 15 is 0 Å². The Labute approximate surface area is 178 Å². The molecule has 1 saturated carbocycles. The lowest BCUT2D eigenvalue weighted by Crippen LogP contribution is -2.48. The Morgan fingerprint density at radius 2 is 1.82 bits per heavy atom. The van der Waals surface area contributed by atoms with Crippen molar-refractivity contribution < 1.29 is 9.84 Å². The summed E-state index contributed by atoms with van der Waals surface area (Å²) in [7, 11) is 0. The molecule has 2 fully saturated rings. The van der Waals surface area contributed by atoms with Crippen molar-refractivity contribution in [3.05, 3.63) is 70.7 Å². The zero-order valence-electron chi connectivity index (χ0n) is 15.8. The van der Waals surface area contributed by atoms with Gasteiger partial charge < -0.3 is 15.6 Å². The smallest absolute Gasteiger partial charge is 0.217 e. The average Bonchev–Trinajstić information content (AvgIpc) is 3.10. The molecule has 0 amide bonds. The summed E-state index contributed by atoms with van der Waals surface area (Å²) in [5.41, 5.74) is 8.63. The summed E-state index contributed by atoms with van der Waals surface area (Å²) in [5, 5.41) is 11.2. The SMILES string of the molecule is Cl.NCC1(c2cccc(Cl)c2)CCC(N2C(O)OC[C@@H]2c2ccccc2)CC1. The summed E-state index contributed by atoms with van der Waals surface area (Å²) in [6.07, 6.45) is 3.09. The van der Waals surface area contributed by atoms with E-state index in [4.69, 9.17) is 22.1 Å². The highest BCUT2D eigenvalue weighted by Gasteiger charge is 2.43. The van der Waals surface area contributed by atoms with Gasteiger partial charge in [-0.25, -0.2) is 4.90 Å². The van der Waals surface area contributed by atoms with E-state index in [0.717, 1.165) is 30.7 Å². The van der Waals surface area contributed by atoms with Crippen molar-refractivity contribution in [3.63, 3.8) is 0 Å². The summed E-state index contributed by atoms with van der Waals surface area (Å²) in [6.45, 7) is 1.14. The van der Waals surface area contributed by atoms with Crippen LogP contribution in [0.3, 0.4) is 0 Å². The van der Waals surface area contributed by atoms with E-state index in [9.17, 15) is 5.11 Å². The van der Waals surface area contributed by atoms with Crippen molar-refractivity contribution in [3.8, 4) is 0 Å². The zero-order valence-corrected chi connectivity index (χ0v) is 17.4. The number of benzene rings is 2. The fraction of sp³-hybridized carbons (Fsp3) is 0.455. The topological polar surface area (TPSA) is 58.7 Å². The first-order valence-corrected chi connectivity index (χ1v) is 10.1. The van der Waals surface area contributed by atoms with Gasteiger partial charge in [0.2, 0.25) is 6.41 Å². The summed E-state index contributed by atoms with van der Waals surface area (Å²) in [5.74, 6) is 0. The second-order valence-corrected chi connectivity index (χ2v) is 8.20. The lowest BCUT2D eigenvalue weighted by Gasteiger charge is -2.44. The minimum absolute atomic E-state index is 0.